The molecule has 5 nitrogen and oxygen atoms in total. The van der Waals surface area contributed by atoms with Crippen LogP contribution in [0.2, 0.25) is 0 Å². The number of hydrogen-bond acceptors (Lipinski definition) is 4. The zero-order chi connectivity index (χ0) is 15.9. The fourth-order valence-electron chi connectivity index (χ4n) is 2.78. The number of benzene rings is 1. The molecular formula is C18H22N2O3. The van der Waals surface area contributed by atoms with Gasteiger partial charge in [-0.2, -0.15) is 0 Å². The lowest BCUT2D eigenvalue weighted by Gasteiger charge is -2.32. The minimum Gasteiger partial charge on any atom is -0.467 e. The monoisotopic (exact) mass is 314 g/mol. The van der Waals surface area contributed by atoms with Gasteiger partial charge in [-0.3, -0.25) is 9.69 Å². The molecule has 0 aliphatic carbocycles. The first-order valence-corrected chi connectivity index (χ1v) is 7.96. The van der Waals surface area contributed by atoms with Crippen LogP contribution in [0, 0.1) is 0 Å². The van der Waals surface area contributed by atoms with Crippen molar-refractivity contribution in [3.05, 3.63) is 60.1 Å². The van der Waals surface area contributed by atoms with E-state index < -0.39 is 0 Å². The highest BCUT2D eigenvalue weighted by Gasteiger charge is 2.22. The molecule has 3 rings (SSSR count). The molecule has 1 N–H and O–H groups in total. The van der Waals surface area contributed by atoms with Crippen LogP contribution in [0.3, 0.4) is 0 Å². The van der Waals surface area contributed by atoms with Gasteiger partial charge in [-0.05, 0) is 24.1 Å². The molecule has 2 heterocycles. The third-order valence-electron chi connectivity index (χ3n) is 3.94. The Morgan fingerprint density at radius 1 is 1.22 bits per heavy atom. The first-order valence-electron chi connectivity index (χ1n) is 7.96. The Hall–Kier alpha value is -2.11. The van der Waals surface area contributed by atoms with E-state index in [1.165, 1.54) is 5.56 Å². The Bertz CT molecular complexity index is 598. The van der Waals surface area contributed by atoms with Crippen LogP contribution in [-0.2, 0) is 22.5 Å². The molecule has 1 aliphatic rings. The molecule has 0 bridgehead atoms. The SMILES string of the molecule is O=C(CN1CCO[C@@H](Cc2ccccc2)C1)NCc1ccco1. The number of carbonyl (C=O) groups is 1. The van der Waals surface area contributed by atoms with Crippen LogP contribution in [0.5, 0.6) is 0 Å². The predicted octanol–water partition coefficient (Wildman–Crippen LogP) is 1.84. The van der Waals surface area contributed by atoms with Gasteiger partial charge < -0.3 is 14.5 Å². The Balaban J connectivity index is 1.43. The van der Waals surface area contributed by atoms with Crippen molar-refractivity contribution in [2.45, 2.75) is 19.1 Å². The van der Waals surface area contributed by atoms with E-state index in [0.717, 1.165) is 25.3 Å². The van der Waals surface area contributed by atoms with Crippen LogP contribution in [-0.4, -0.2) is 43.2 Å². The topological polar surface area (TPSA) is 54.7 Å². The summed E-state index contributed by atoms with van der Waals surface area (Å²) in [7, 11) is 0. The molecule has 1 fully saturated rings. The summed E-state index contributed by atoms with van der Waals surface area (Å²) >= 11 is 0. The second-order valence-electron chi connectivity index (χ2n) is 5.77. The van der Waals surface area contributed by atoms with Gasteiger partial charge in [0.05, 0.1) is 32.1 Å². The van der Waals surface area contributed by atoms with Crippen molar-refractivity contribution < 1.29 is 13.9 Å². The Labute approximate surface area is 136 Å². The van der Waals surface area contributed by atoms with Gasteiger partial charge in [-0.25, -0.2) is 0 Å². The zero-order valence-corrected chi connectivity index (χ0v) is 13.1. The summed E-state index contributed by atoms with van der Waals surface area (Å²) in [6.45, 7) is 3.07. The summed E-state index contributed by atoms with van der Waals surface area (Å²) in [6.07, 6.45) is 2.63. The summed E-state index contributed by atoms with van der Waals surface area (Å²) in [5.74, 6) is 0.782. The molecule has 1 saturated heterocycles. The van der Waals surface area contributed by atoms with Crippen LogP contribution in [0.1, 0.15) is 11.3 Å². The first kappa shape index (κ1) is 15.8. The van der Waals surface area contributed by atoms with Gasteiger partial charge in [-0.1, -0.05) is 30.3 Å². The molecular weight excluding hydrogens is 292 g/mol. The number of rotatable bonds is 6. The van der Waals surface area contributed by atoms with E-state index in [1.54, 1.807) is 6.26 Å². The van der Waals surface area contributed by atoms with Crippen molar-refractivity contribution in [1.82, 2.24) is 10.2 Å². The fourth-order valence-corrected chi connectivity index (χ4v) is 2.78. The molecule has 1 amide bonds. The summed E-state index contributed by atoms with van der Waals surface area (Å²) in [5.41, 5.74) is 1.27. The van der Waals surface area contributed by atoms with Crippen LogP contribution in [0.4, 0.5) is 0 Å². The van der Waals surface area contributed by atoms with E-state index >= 15 is 0 Å². The first-order chi connectivity index (χ1) is 11.3. The van der Waals surface area contributed by atoms with E-state index in [-0.39, 0.29) is 12.0 Å². The molecule has 5 heteroatoms. The van der Waals surface area contributed by atoms with Gasteiger partial charge in [0.1, 0.15) is 5.76 Å². The standard InChI is InChI=1S/C18H22N2O3/c21-18(19-12-16-7-4-9-22-16)14-20-8-10-23-17(13-20)11-15-5-2-1-3-6-15/h1-7,9,17H,8,10-14H2,(H,19,21)/t17-/m0/s1. The van der Waals surface area contributed by atoms with Crippen molar-refractivity contribution in [3.8, 4) is 0 Å². The number of nitrogens with zero attached hydrogens (tertiary/aromatic N) is 1. The van der Waals surface area contributed by atoms with Gasteiger partial charge in [-0.15, -0.1) is 0 Å². The Kier molecular flexibility index (Phi) is 5.45. The van der Waals surface area contributed by atoms with Gasteiger partial charge in [0, 0.05) is 13.1 Å². The third kappa shape index (κ3) is 4.94. The van der Waals surface area contributed by atoms with Gasteiger partial charge >= 0.3 is 0 Å². The maximum absolute atomic E-state index is 12.0. The molecule has 0 unspecified atom stereocenters. The maximum Gasteiger partial charge on any atom is 0.234 e. The highest BCUT2D eigenvalue weighted by molar-refractivity contribution is 5.77. The lowest BCUT2D eigenvalue weighted by Crippen LogP contribution is -2.47. The molecule has 23 heavy (non-hydrogen) atoms. The second kappa shape index (κ2) is 7.94. The van der Waals surface area contributed by atoms with Crippen LogP contribution >= 0.6 is 0 Å². The molecule has 1 aromatic carbocycles. The zero-order valence-electron chi connectivity index (χ0n) is 13.1. The lowest BCUT2D eigenvalue weighted by molar-refractivity contribution is -0.124. The normalized spacial score (nSPS) is 18.7. The summed E-state index contributed by atoms with van der Waals surface area (Å²) in [5, 5.41) is 2.88. The molecule has 0 radical (unpaired) electrons. The van der Waals surface area contributed by atoms with E-state index in [1.807, 2.05) is 30.3 Å². The number of hydrogen-bond donors (Lipinski definition) is 1. The lowest BCUT2D eigenvalue weighted by atomic mass is 10.1. The summed E-state index contributed by atoms with van der Waals surface area (Å²) in [6, 6.07) is 14.0. The van der Waals surface area contributed by atoms with E-state index in [9.17, 15) is 4.79 Å². The van der Waals surface area contributed by atoms with E-state index in [0.29, 0.717) is 19.7 Å². The average molecular weight is 314 g/mol. The van der Waals surface area contributed by atoms with Gasteiger partial charge in [0.25, 0.3) is 0 Å². The number of ether oxygens (including phenoxy) is 1. The predicted molar refractivity (Wildman–Crippen MR) is 86.9 cm³/mol. The van der Waals surface area contributed by atoms with Crippen LogP contribution in [0.15, 0.2) is 53.1 Å². The second-order valence-corrected chi connectivity index (χ2v) is 5.77. The number of furan rings is 1. The van der Waals surface area contributed by atoms with Crippen molar-refractivity contribution in [2.24, 2.45) is 0 Å². The summed E-state index contributed by atoms with van der Waals surface area (Å²) < 4.78 is 11.0. The Morgan fingerprint density at radius 3 is 2.87 bits per heavy atom. The Morgan fingerprint density at radius 2 is 2.09 bits per heavy atom. The third-order valence-corrected chi connectivity index (χ3v) is 3.94. The number of amides is 1. The smallest absolute Gasteiger partial charge is 0.234 e. The molecule has 1 aliphatic heterocycles. The summed E-state index contributed by atoms with van der Waals surface area (Å²) in [4.78, 5) is 14.2. The molecule has 122 valence electrons. The van der Waals surface area contributed by atoms with Gasteiger partial charge in [0.2, 0.25) is 5.91 Å². The van der Waals surface area contributed by atoms with E-state index in [4.69, 9.17) is 9.15 Å². The molecule has 1 atom stereocenters. The van der Waals surface area contributed by atoms with Crippen molar-refractivity contribution >= 4 is 5.91 Å². The maximum atomic E-state index is 12.0. The van der Waals surface area contributed by atoms with Crippen molar-refractivity contribution in [3.63, 3.8) is 0 Å². The van der Waals surface area contributed by atoms with Crippen molar-refractivity contribution in [1.29, 1.82) is 0 Å². The molecule has 1 aromatic heterocycles. The van der Waals surface area contributed by atoms with Crippen LogP contribution < -0.4 is 5.32 Å². The van der Waals surface area contributed by atoms with Crippen molar-refractivity contribution in [2.75, 3.05) is 26.2 Å². The highest BCUT2D eigenvalue weighted by Crippen LogP contribution is 2.11. The minimum absolute atomic E-state index is 0.0155. The largest absolute Gasteiger partial charge is 0.467 e. The molecule has 2 aromatic rings. The molecule has 0 spiro atoms. The minimum atomic E-state index is 0.0155. The quantitative estimate of drug-likeness (QED) is 0.884. The average Bonchev–Trinajstić information content (AvgIpc) is 3.08. The van der Waals surface area contributed by atoms with E-state index in [2.05, 4.69) is 22.3 Å². The van der Waals surface area contributed by atoms with Gasteiger partial charge in [0.15, 0.2) is 0 Å². The number of morpholine rings is 1. The number of nitrogens with one attached hydrogen (secondary N) is 1. The molecule has 0 saturated carbocycles. The fraction of sp³-hybridized carbons (Fsp3) is 0.389. The van der Waals surface area contributed by atoms with Crippen LogP contribution in [0.25, 0.3) is 0 Å². The highest BCUT2D eigenvalue weighted by atomic mass is 16.5. The number of carbonyl (C=O) groups excluding carboxylic acids is 1.